The molecule has 3 aliphatic rings. The molecule has 0 aromatic carbocycles. The van der Waals surface area contributed by atoms with E-state index in [9.17, 15) is 56.2 Å². The lowest BCUT2D eigenvalue weighted by Gasteiger charge is -2.48. The summed E-state index contributed by atoms with van der Waals surface area (Å²) in [6, 6.07) is 0. The molecule has 0 amide bonds. The zero-order valence-electron chi connectivity index (χ0n) is 18.0. The predicted octanol–water partition coefficient (Wildman–Crippen LogP) is -6.91. The van der Waals surface area contributed by atoms with E-state index in [-0.39, 0.29) is 6.42 Å². The third-order valence-electron chi connectivity index (χ3n) is 6.62. The highest BCUT2D eigenvalue weighted by Crippen LogP contribution is 2.33. The number of rotatable bonds is 7. The van der Waals surface area contributed by atoms with Crippen molar-refractivity contribution in [2.45, 2.75) is 92.2 Å². The monoisotopic (exact) mass is 502 g/mol. The fourth-order valence-corrected chi connectivity index (χ4v) is 4.52. The van der Waals surface area contributed by atoms with Crippen LogP contribution in [0, 0.1) is 5.92 Å². The van der Waals surface area contributed by atoms with Crippen LogP contribution in [-0.4, -0.2) is 162 Å². The summed E-state index contributed by atoms with van der Waals surface area (Å²) in [5, 5.41) is 110. The van der Waals surface area contributed by atoms with Gasteiger partial charge in [-0.3, -0.25) is 0 Å². The third kappa shape index (κ3) is 5.39. The molecule has 1 saturated carbocycles. The van der Waals surface area contributed by atoms with Gasteiger partial charge in [0.05, 0.1) is 25.4 Å². The molecular weight excluding hydrogens is 468 g/mol. The molecular formula is C19H34O15. The van der Waals surface area contributed by atoms with E-state index in [0.717, 1.165) is 0 Å². The lowest BCUT2D eigenvalue weighted by molar-refractivity contribution is -0.361. The quantitative estimate of drug-likeness (QED) is 0.154. The Hall–Kier alpha value is -0.600. The number of aliphatic hydroxyl groups excluding tert-OH is 11. The van der Waals surface area contributed by atoms with Crippen LogP contribution in [-0.2, 0) is 18.9 Å². The molecule has 15 nitrogen and oxygen atoms in total. The van der Waals surface area contributed by atoms with Crippen molar-refractivity contribution >= 4 is 0 Å². The second kappa shape index (κ2) is 11.6. The van der Waals surface area contributed by atoms with Gasteiger partial charge in [0.25, 0.3) is 0 Å². The molecule has 2 heterocycles. The van der Waals surface area contributed by atoms with Crippen LogP contribution in [0.2, 0.25) is 0 Å². The molecule has 3 fully saturated rings. The van der Waals surface area contributed by atoms with Gasteiger partial charge in [-0.25, -0.2) is 0 Å². The van der Waals surface area contributed by atoms with Crippen LogP contribution in [0.4, 0.5) is 0 Å². The Labute approximate surface area is 193 Å². The lowest BCUT2D eigenvalue weighted by atomic mass is 9.81. The second-order valence-corrected chi connectivity index (χ2v) is 8.83. The van der Waals surface area contributed by atoms with Gasteiger partial charge >= 0.3 is 0 Å². The summed E-state index contributed by atoms with van der Waals surface area (Å²) < 4.78 is 21.5. The van der Waals surface area contributed by atoms with Crippen LogP contribution in [0.3, 0.4) is 0 Å². The maximum atomic E-state index is 10.7. The molecule has 34 heavy (non-hydrogen) atoms. The first-order chi connectivity index (χ1) is 16.0. The molecule has 0 radical (unpaired) electrons. The first-order valence-electron chi connectivity index (χ1n) is 10.9. The highest BCUT2D eigenvalue weighted by molar-refractivity contribution is 4.98. The molecule has 0 aromatic rings. The molecule has 200 valence electrons. The molecule has 15 atom stereocenters. The highest BCUT2D eigenvalue weighted by atomic mass is 16.7. The van der Waals surface area contributed by atoms with Crippen molar-refractivity contribution in [3.63, 3.8) is 0 Å². The van der Waals surface area contributed by atoms with Gasteiger partial charge in [0.2, 0.25) is 0 Å². The number of aliphatic hydroxyl groups is 11. The van der Waals surface area contributed by atoms with Gasteiger partial charge < -0.3 is 75.1 Å². The summed E-state index contributed by atoms with van der Waals surface area (Å²) in [5.74, 6) is -0.844. The molecule has 3 rings (SSSR count). The summed E-state index contributed by atoms with van der Waals surface area (Å²) in [5.41, 5.74) is 0. The standard InChI is InChI=1S/C19H34O15/c20-2-5-1-6(10(24)11(25)9(5)23)31-16-8(4-22)33-19(15(29)13(16)27)34-17-7(3-21)32-18(30)14(28)12(17)26/h5-30H,1-4H2/t5?,6-,7-,8?,9-,10?,11-,12?,13?,14?,15-,16-,17+,18+,19-/m0/s1. The molecule has 1 aliphatic carbocycles. The van der Waals surface area contributed by atoms with Gasteiger partial charge in [-0.05, 0) is 6.42 Å². The summed E-state index contributed by atoms with van der Waals surface area (Å²) in [4.78, 5) is 0. The first-order valence-corrected chi connectivity index (χ1v) is 10.9. The van der Waals surface area contributed by atoms with E-state index >= 15 is 0 Å². The Morgan fingerprint density at radius 3 is 1.71 bits per heavy atom. The van der Waals surface area contributed by atoms with Gasteiger partial charge in [0.15, 0.2) is 12.6 Å². The lowest BCUT2D eigenvalue weighted by Crippen LogP contribution is -2.66. The second-order valence-electron chi connectivity index (χ2n) is 8.83. The van der Waals surface area contributed by atoms with E-state index in [2.05, 4.69) is 0 Å². The van der Waals surface area contributed by atoms with Crippen molar-refractivity contribution in [3.8, 4) is 0 Å². The topological polar surface area (TPSA) is 259 Å². The van der Waals surface area contributed by atoms with E-state index < -0.39 is 112 Å². The largest absolute Gasteiger partial charge is 0.396 e. The van der Waals surface area contributed by atoms with E-state index in [4.69, 9.17) is 18.9 Å². The van der Waals surface area contributed by atoms with Gasteiger partial charge in [-0.2, -0.15) is 0 Å². The Kier molecular flexibility index (Phi) is 9.57. The molecule has 6 unspecified atom stereocenters. The normalized spacial score (nSPS) is 52.5. The molecule has 0 bridgehead atoms. The van der Waals surface area contributed by atoms with Crippen LogP contribution in [0.5, 0.6) is 0 Å². The minimum Gasteiger partial charge on any atom is -0.396 e. The van der Waals surface area contributed by atoms with Crippen LogP contribution in [0.25, 0.3) is 0 Å². The smallest absolute Gasteiger partial charge is 0.187 e. The summed E-state index contributed by atoms with van der Waals surface area (Å²) in [7, 11) is 0. The van der Waals surface area contributed by atoms with Crippen molar-refractivity contribution in [1.29, 1.82) is 0 Å². The molecule has 2 aliphatic heterocycles. The predicted molar refractivity (Wildman–Crippen MR) is 104 cm³/mol. The molecule has 0 aromatic heterocycles. The molecule has 15 heteroatoms. The van der Waals surface area contributed by atoms with E-state index in [0.29, 0.717) is 0 Å². The summed E-state index contributed by atoms with van der Waals surface area (Å²) in [6.07, 6.45) is -22.4. The molecule has 11 N–H and O–H groups in total. The Morgan fingerprint density at radius 1 is 0.559 bits per heavy atom. The minimum atomic E-state index is -1.85. The van der Waals surface area contributed by atoms with Crippen LogP contribution in [0.15, 0.2) is 0 Å². The average molecular weight is 502 g/mol. The van der Waals surface area contributed by atoms with Gasteiger partial charge in [0, 0.05) is 12.5 Å². The van der Waals surface area contributed by atoms with Crippen molar-refractivity contribution in [2.75, 3.05) is 19.8 Å². The van der Waals surface area contributed by atoms with Gasteiger partial charge in [-0.15, -0.1) is 0 Å². The fourth-order valence-electron chi connectivity index (χ4n) is 4.52. The van der Waals surface area contributed by atoms with E-state index in [1.54, 1.807) is 0 Å². The minimum absolute atomic E-state index is 0.114. The first kappa shape index (κ1) is 28.0. The molecule has 0 spiro atoms. The van der Waals surface area contributed by atoms with Crippen LogP contribution >= 0.6 is 0 Å². The van der Waals surface area contributed by atoms with Crippen LogP contribution in [0.1, 0.15) is 6.42 Å². The van der Waals surface area contributed by atoms with Crippen molar-refractivity contribution in [1.82, 2.24) is 0 Å². The number of hydrogen-bond acceptors (Lipinski definition) is 15. The summed E-state index contributed by atoms with van der Waals surface area (Å²) in [6.45, 7) is -2.03. The third-order valence-corrected chi connectivity index (χ3v) is 6.62. The van der Waals surface area contributed by atoms with Crippen molar-refractivity contribution in [3.05, 3.63) is 0 Å². The highest BCUT2D eigenvalue weighted by Gasteiger charge is 2.52. The Bertz CT molecular complexity index is 635. The zero-order chi connectivity index (χ0) is 25.3. The van der Waals surface area contributed by atoms with E-state index in [1.807, 2.05) is 0 Å². The number of ether oxygens (including phenoxy) is 4. The summed E-state index contributed by atoms with van der Waals surface area (Å²) >= 11 is 0. The number of hydrogen-bond donors (Lipinski definition) is 11. The zero-order valence-corrected chi connectivity index (χ0v) is 18.0. The maximum Gasteiger partial charge on any atom is 0.187 e. The van der Waals surface area contributed by atoms with E-state index in [1.165, 1.54) is 0 Å². The fraction of sp³-hybridized carbons (Fsp3) is 1.00. The average Bonchev–Trinajstić information content (AvgIpc) is 2.83. The SMILES string of the molecule is OCC1O[C@@H](O[C@H]2C(O)C(O)[C@H](O)O[C@H]2CO)[C@@H](O)C(O)[C@H]1O[C@H]1CC(CO)[C@H](O)[C@H](O)C1O. The van der Waals surface area contributed by atoms with Gasteiger partial charge in [-0.1, -0.05) is 0 Å². The van der Waals surface area contributed by atoms with Crippen molar-refractivity contribution < 1.29 is 75.1 Å². The van der Waals surface area contributed by atoms with Gasteiger partial charge in [0.1, 0.15) is 61.0 Å². The Morgan fingerprint density at radius 2 is 1.12 bits per heavy atom. The Balaban J connectivity index is 1.72. The molecule has 2 saturated heterocycles. The maximum absolute atomic E-state index is 10.7. The van der Waals surface area contributed by atoms with Crippen molar-refractivity contribution in [2.24, 2.45) is 5.92 Å². The van der Waals surface area contributed by atoms with Crippen LogP contribution < -0.4 is 0 Å².